The second-order valence-electron chi connectivity index (χ2n) is 3.93. The van der Waals surface area contributed by atoms with Gasteiger partial charge in [0.15, 0.2) is 0 Å². The van der Waals surface area contributed by atoms with Crippen LogP contribution in [0.25, 0.3) is 0 Å². The number of hydrogen-bond acceptors (Lipinski definition) is 6. The number of anilines is 1. The maximum absolute atomic E-state index is 12.4. The molecule has 1 aromatic heterocycles. The third-order valence-corrected chi connectivity index (χ3v) is 3.42. The monoisotopic (exact) mass is 333 g/mol. The van der Waals surface area contributed by atoms with Crippen LogP contribution in [0.15, 0.2) is 18.2 Å². The first-order valence-corrected chi connectivity index (χ1v) is 6.61. The van der Waals surface area contributed by atoms with Crippen molar-refractivity contribution in [1.29, 1.82) is 0 Å². The molecule has 6 nitrogen and oxygen atoms in total. The summed E-state index contributed by atoms with van der Waals surface area (Å²) in [4.78, 5) is 12.1. The molecule has 0 unspecified atom stereocenters. The molecule has 1 heterocycles. The molecule has 0 saturated heterocycles. The molecule has 0 bridgehead atoms. The maximum Gasteiger partial charge on any atom is 0.445 e. The van der Waals surface area contributed by atoms with Crippen molar-refractivity contribution in [2.24, 2.45) is 0 Å². The Hall–Kier alpha value is -2.36. The smallest absolute Gasteiger partial charge is 0.445 e. The van der Waals surface area contributed by atoms with Crippen molar-refractivity contribution in [3.63, 3.8) is 0 Å². The van der Waals surface area contributed by atoms with Gasteiger partial charge in [-0.2, -0.15) is 13.2 Å². The number of carbonyl (C=O) groups excluding carboxylic acids is 1. The van der Waals surface area contributed by atoms with Crippen LogP contribution in [0.3, 0.4) is 0 Å². The lowest BCUT2D eigenvalue weighted by atomic mass is 10.2. The Morgan fingerprint density at radius 1 is 1.23 bits per heavy atom. The molecule has 0 fully saturated rings. The average molecular weight is 333 g/mol. The van der Waals surface area contributed by atoms with Crippen molar-refractivity contribution in [3.8, 4) is 11.5 Å². The number of rotatable bonds is 4. The highest BCUT2D eigenvalue weighted by molar-refractivity contribution is 7.15. The van der Waals surface area contributed by atoms with Gasteiger partial charge in [0.1, 0.15) is 11.5 Å². The molecule has 10 heteroatoms. The van der Waals surface area contributed by atoms with E-state index in [4.69, 9.17) is 9.47 Å². The first-order valence-electron chi connectivity index (χ1n) is 5.79. The molecule has 1 amide bonds. The van der Waals surface area contributed by atoms with Gasteiger partial charge < -0.3 is 9.47 Å². The van der Waals surface area contributed by atoms with Gasteiger partial charge in [0.25, 0.3) is 5.91 Å². The Balaban J connectivity index is 2.20. The SMILES string of the molecule is COc1ccc(C(=O)Nc2nnc(C(F)(F)F)s2)c(OC)c1. The molecule has 2 rings (SSSR count). The normalized spacial score (nSPS) is 11.1. The molecular formula is C12H10F3N3O3S. The zero-order valence-corrected chi connectivity index (χ0v) is 12.2. The molecule has 118 valence electrons. The van der Waals surface area contributed by atoms with E-state index in [2.05, 4.69) is 15.5 Å². The van der Waals surface area contributed by atoms with E-state index < -0.39 is 17.1 Å². The lowest BCUT2D eigenvalue weighted by Gasteiger charge is -2.09. The number of halogens is 3. The molecule has 0 spiro atoms. The van der Waals surface area contributed by atoms with E-state index in [1.165, 1.54) is 32.4 Å². The minimum Gasteiger partial charge on any atom is -0.497 e. The van der Waals surface area contributed by atoms with E-state index in [1.807, 2.05) is 0 Å². The van der Waals surface area contributed by atoms with Gasteiger partial charge in [-0.1, -0.05) is 11.3 Å². The first-order chi connectivity index (χ1) is 10.3. The fourth-order valence-electron chi connectivity index (χ4n) is 1.54. The molecule has 0 aliphatic carbocycles. The summed E-state index contributed by atoms with van der Waals surface area (Å²) in [6.07, 6.45) is -4.60. The van der Waals surface area contributed by atoms with Gasteiger partial charge in [0, 0.05) is 6.07 Å². The number of hydrogen-bond donors (Lipinski definition) is 1. The van der Waals surface area contributed by atoms with E-state index >= 15 is 0 Å². The van der Waals surface area contributed by atoms with Gasteiger partial charge in [0.05, 0.1) is 19.8 Å². The van der Waals surface area contributed by atoms with Crippen molar-refractivity contribution in [3.05, 3.63) is 28.8 Å². The Morgan fingerprint density at radius 3 is 2.50 bits per heavy atom. The van der Waals surface area contributed by atoms with Gasteiger partial charge in [-0.25, -0.2) is 0 Å². The van der Waals surface area contributed by atoms with Crippen LogP contribution in [-0.4, -0.2) is 30.3 Å². The number of amides is 1. The van der Waals surface area contributed by atoms with E-state index in [0.717, 1.165) is 0 Å². The number of aromatic nitrogens is 2. The third-order valence-electron chi connectivity index (χ3n) is 2.54. The molecule has 0 atom stereocenters. The van der Waals surface area contributed by atoms with E-state index in [-0.39, 0.29) is 27.8 Å². The number of ether oxygens (including phenoxy) is 2. The van der Waals surface area contributed by atoms with Gasteiger partial charge in [-0.3, -0.25) is 10.1 Å². The zero-order valence-electron chi connectivity index (χ0n) is 11.4. The summed E-state index contributed by atoms with van der Waals surface area (Å²) in [6, 6.07) is 4.44. The fraction of sp³-hybridized carbons (Fsp3) is 0.250. The Bertz CT molecular complexity index is 688. The second-order valence-corrected chi connectivity index (χ2v) is 4.91. The minimum atomic E-state index is -4.60. The lowest BCUT2D eigenvalue weighted by Crippen LogP contribution is -2.13. The summed E-state index contributed by atoms with van der Waals surface area (Å²) in [7, 11) is 2.81. The van der Waals surface area contributed by atoms with Crippen LogP contribution in [0.1, 0.15) is 15.4 Å². The van der Waals surface area contributed by atoms with Crippen LogP contribution in [0.4, 0.5) is 18.3 Å². The molecule has 1 N–H and O–H groups in total. The number of alkyl halides is 3. The van der Waals surface area contributed by atoms with Crippen LogP contribution >= 0.6 is 11.3 Å². The van der Waals surface area contributed by atoms with Crippen molar-refractivity contribution in [2.75, 3.05) is 19.5 Å². The molecule has 0 aliphatic heterocycles. The summed E-state index contributed by atoms with van der Waals surface area (Å²) >= 11 is 0.239. The Kier molecular flexibility index (Phi) is 4.50. The van der Waals surface area contributed by atoms with E-state index in [9.17, 15) is 18.0 Å². The molecule has 0 saturated carbocycles. The van der Waals surface area contributed by atoms with E-state index in [1.54, 1.807) is 0 Å². The highest BCUT2D eigenvalue weighted by Crippen LogP contribution is 2.33. The topological polar surface area (TPSA) is 73.3 Å². The zero-order chi connectivity index (χ0) is 16.3. The maximum atomic E-state index is 12.4. The number of nitrogens with zero attached hydrogens (tertiary/aromatic N) is 2. The Morgan fingerprint density at radius 2 is 1.95 bits per heavy atom. The van der Waals surface area contributed by atoms with Crippen molar-refractivity contribution >= 4 is 22.4 Å². The van der Waals surface area contributed by atoms with Crippen LogP contribution in [0, 0.1) is 0 Å². The predicted octanol–water partition coefficient (Wildman–Crippen LogP) is 2.83. The van der Waals surface area contributed by atoms with Crippen molar-refractivity contribution in [2.45, 2.75) is 6.18 Å². The molecule has 2 aromatic rings. The number of benzene rings is 1. The molecule has 0 radical (unpaired) electrons. The lowest BCUT2D eigenvalue weighted by molar-refractivity contribution is -0.138. The second kappa shape index (κ2) is 6.18. The summed E-state index contributed by atoms with van der Waals surface area (Å²) in [5.74, 6) is 0.0328. The quantitative estimate of drug-likeness (QED) is 0.931. The van der Waals surface area contributed by atoms with E-state index in [0.29, 0.717) is 5.75 Å². The summed E-state index contributed by atoms with van der Waals surface area (Å²) in [5, 5.41) is 7.13. The first kappa shape index (κ1) is 16.0. The van der Waals surface area contributed by atoms with Crippen LogP contribution in [0.2, 0.25) is 0 Å². The molecule has 0 aliphatic rings. The highest BCUT2D eigenvalue weighted by Gasteiger charge is 2.35. The van der Waals surface area contributed by atoms with Crippen molar-refractivity contribution < 1.29 is 27.4 Å². The highest BCUT2D eigenvalue weighted by atomic mass is 32.1. The summed E-state index contributed by atoms with van der Waals surface area (Å²) in [6.45, 7) is 0. The molecular weight excluding hydrogens is 323 g/mol. The average Bonchev–Trinajstić information content (AvgIpc) is 2.95. The fourth-order valence-corrected chi connectivity index (χ4v) is 2.14. The standard InChI is InChI=1S/C12H10F3N3O3S/c1-20-6-3-4-7(8(5-6)21-2)9(19)16-11-18-17-10(22-11)12(13,14)15/h3-5H,1-2H3,(H,16,18,19). The summed E-state index contributed by atoms with van der Waals surface area (Å²) < 4.78 is 47.3. The van der Waals surface area contributed by atoms with Crippen LogP contribution < -0.4 is 14.8 Å². The molecule has 1 aromatic carbocycles. The minimum absolute atomic E-state index is 0.132. The Labute approximate surface area is 126 Å². The van der Waals surface area contributed by atoms with Gasteiger partial charge in [-0.15, -0.1) is 10.2 Å². The van der Waals surface area contributed by atoms with Crippen molar-refractivity contribution in [1.82, 2.24) is 10.2 Å². The summed E-state index contributed by atoms with van der Waals surface area (Å²) in [5.41, 5.74) is 0.132. The van der Waals surface area contributed by atoms with Crippen LogP contribution in [0.5, 0.6) is 11.5 Å². The predicted molar refractivity (Wildman–Crippen MR) is 72.4 cm³/mol. The number of nitrogens with one attached hydrogen (secondary N) is 1. The third kappa shape index (κ3) is 3.45. The number of methoxy groups -OCH3 is 2. The molecule has 22 heavy (non-hydrogen) atoms. The van der Waals surface area contributed by atoms with Gasteiger partial charge in [0.2, 0.25) is 10.1 Å². The van der Waals surface area contributed by atoms with Gasteiger partial charge >= 0.3 is 6.18 Å². The number of carbonyl (C=O) groups is 1. The largest absolute Gasteiger partial charge is 0.497 e. The van der Waals surface area contributed by atoms with Gasteiger partial charge in [-0.05, 0) is 12.1 Å². The van der Waals surface area contributed by atoms with Crippen LogP contribution in [-0.2, 0) is 6.18 Å².